The molecule has 0 aliphatic heterocycles. The number of ether oxygens (including phenoxy) is 2. The predicted molar refractivity (Wildman–Crippen MR) is 133 cm³/mol. The first kappa shape index (κ1) is 27.2. The van der Waals surface area contributed by atoms with E-state index < -0.39 is 0 Å². The molecule has 0 heterocycles. The Balaban J connectivity index is 0.000000686. The van der Waals surface area contributed by atoms with E-state index in [0.717, 1.165) is 38.6 Å². The Bertz CT molecular complexity index is 678. The summed E-state index contributed by atoms with van der Waals surface area (Å²) in [6.45, 7) is 9.24. The zero-order valence-corrected chi connectivity index (χ0v) is 20.1. The second kappa shape index (κ2) is 16.8. The molecule has 2 aromatic carbocycles. The quantitative estimate of drug-likeness (QED) is 0.422. The fourth-order valence-corrected chi connectivity index (χ4v) is 3.02. The van der Waals surface area contributed by atoms with Crippen molar-refractivity contribution in [2.45, 2.75) is 52.5 Å². The molecule has 1 saturated carbocycles. The number of aliphatic hydroxyl groups excluding tert-OH is 1. The van der Waals surface area contributed by atoms with E-state index >= 15 is 0 Å². The lowest BCUT2D eigenvalue weighted by molar-refractivity contribution is 0.107. The summed E-state index contributed by atoms with van der Waals surface area (Å²) in [5.74, 6) is 2.44. The van der Waals surface area contributed by atoms with Gasteiger partial charge in [-0.25, -0.2) is 0 Å². The van der Waals surface area contributed by atoms with Gasteiger partial charge >= 0.3 is 0 Å². The van der Waals surface area contributed by atoms with Crippen molar-refractivity contribution in [3.8, 4) is 5.75 Å². The Morgan fingerprint density at radius 1 is 1.03 bits per heavy atom. The summed E-state index contributed by atoms with van der Waals surface area (Å²) in [5, 5.41) is 10.4. The molecule has 1 fully saturated rings. The molecule has 3 rings (SSSR count). The van der Waals surface area contributed by atoms with Crippen LogP contribution in [0.4, 0.5) is 0 Å². The van der Waals surface area contributed by atoms with Gasteiger partial charge in [0, 0.05) is 21.8 Å². The maximum atomic E-state index is 7.00. The Hall–Kier alpha value is -1.88. The van der Waals surface area contributed by atoms with E-state index in [1.807, 2.05) is 19.2 Å². The molecule has 0 saturated heterocycles. The van der Waals surface area contributed by atoms with E-state index in [-0.39, 0.29) is 7.47 Å². The molecule has 0 radical (unpaired) electrons. The van der Waals surface area contributed by atoms with Crippen molar-refractivity contribution in [2.75, 3.05) is 34.0 Å². The van der Waals surface area contributed by atoms with Gasteiger partial charge in [0.15, 0.2) is 0 Å². The fourth-order valence-electron chi connectivity index (χ4n) is 3.02. The standard InChI is InChI=1S/C18H21NO.C8H18O.CH4O.H2/c1-19-18(15-6-3-2-4-7-15)16-8-5-9-17(12-16)20-13-14-10-11-14;1-4-5-6-9-7-8(2)3;1-2;/h2-9,12,14,18-19H,10-11,13H2,1H3;8H,4-7H2,1-3H3;2H,1H3;1H. The van der Waals surface area contributed by atoms with Gasteiger partial charge in [-0.2, -0.15) is 0 Å². The number of aliphatic hydroxyl groups is 1. The van der Waals surface area contributed by atoms with Gasteiger partial charge in [0.25, 0.3) is 0 Å². The third-order valence-electron chi connectivity index (χ3n) is 4.89. The van der Waals surface area contributed by atoms with E-state index in [2.05, 4.69) is 68.6 Å². The minimum Gasteiger partial charge on any atom is -0.493 e. The van der Waals surface area contributed by atoms with Gasteiger partial charge < -0.3 is 19.9 Å². The molecular formula is C27H45NO3. The molecule has 1 aliphatic carbocycles. The van der Waals surface area contributed by atoms with E-state index in [4.69, 9.17) is 14.6 Å². The van der Waals surface area contributed by atoms with Crippen LogP contribution in [0.2, 0.25) is 0 Å². The molecule has 2 aromatic rings. The lowest BCUT2D eigenvalue weighted by atomic mass is 9.99. The van der Waals surface area contributed by atoms with Crippen LogP contribution in [-0.2, 0) is 4.74 Å². The number of hydrogen-bond acceptors (Lipinski definition) is 4. The van der Waals surface area contributed by atoms with Gasteiger partial charge in [-0.15, -0.1) is 0 Å². The minimum atomic E-state index is 0. The van der Waals surface area contributed by atoms with E-state index in [0.29, 0.717) is 5.92 Å². The third-order valence-corrected chi connectivity index (χ3v) is 4.89. The van der Waals surface area contributed by atoms with Crippen molar-refractivity contribution >= 4 is 0 Å². The normalized spacial score (nSPS) is 13.5. The van der Waals surface area contributed by atoms with Crippen LogP contribution in [0.25, 0.3) is 0 Å². The molecule has 0 spiro atoms. The van der Waals surface area contributed by atoms with Crippen molar-refractivity contribution in [3.63, 3.8) is 0 Å². The fraction of sp³-hybridized carbons (Fsp3) is 0.556. The van der Waals surface area contributed by atoms with Crippen molar-refractivity contribution in [3.05, 3.63) is 65.7 Å². The summed E-state index contributed by atoms with van der Waals surface area (Å²) in [5.41, 5.74) is 2.52. The van der Waals surface area contributed by atoms with E-state index in [9.17, 15) is 0 Å². The average molecular weight is 432 g/mol. The summed E-state index contributed by atoms with van der Waals surface area (Å²) in [4.78, 5) is 0. The Kier molecular flexibility index (Phi) is 14.7. The lowest BCUT2D eigenvalue weighted by Crippen LogP contribution is -2.17. The highest BCUT2D eigenvalue weighted by Crippen LogP contribution is 2.30. The van der Waals surface area contributed by atoms with Gasteiger partial charge in [0.2, 0.25) is 0 Å². The number of hydrogen-bond donors (Lipinski definition) is 2. The monoisotopic (exact) mass is 431 g/mol. The Morgan fingerprint density at radius 3 is 2.29 bits per heavy atom. The Labute approximate surface area is 191 Å². The number of nitrogens with one attached hydrogen (secondary N) is 1. The number of rotatable bonds is 11. The van der Waals surface area contributed by atoms with Crippen LogP contribution in [-0.4, -0.2) is 39.1 Å². The number of unbranched alkanes of at least 4 members (excludes halogenated alkanes) is 1. The topological polar surface area (TPSA) is 50.7 Å². The molecular weight excluding hydrogens is 386 g/mol. The zero-order valence-electron chi connectivity index (χ0n) is 20.1. The second-order valence-corrected chi connectivity index (χ2v) is 8.28. The molecule has 0 bridgehead atoms. The van der Waals surface area contributed by atoms with E-state index in [1.54, 1.807) is 0 Å². The summed E-state index contributed by atoms with van der Waals surface area (Å²) >= 11 is 0. The third kappa shape index (κ3) is 11.9. The summed E-state index contributed by atoms with van der Waals surface area (Å²) in [6.07, 6.45) is 5.08. The molecule has 1 unspecified atom stereocenters. The smallest absolute Gasteiger partial charge is 0.119 e. The lowest BCUT2D eigenvalue weighted by Gasteiger charge is -2.18. The van der Waals surface area contributed by atoms with Crippen LogP contribution in [0, 0.1) is 11.8 Å². The molecule has 31 heavy (non-hydrogen) atoms. The van der Waals surface area contributed by atoms with Crippen LogP contribution >= 0.6 is 0 Å². The Morgan fingerprint density at radius 2 is 1.71 bits per heavy atom. The van der Waals surface area contributed by atoms with Crippen molar-refractivity contribution in [1.29, 1.82) is 0 Å². The largest absolute Gasteiger partial charge is 0.493 e. The van der Waals surface area contributed by atoms with Gasteiger partial charge in [0.05, 0.1) is 12.6 Å². The van der Waals surface area contributed by atoms with Crippen molar-refractivity contribution in [1.82, 2.24) is 5.32 Å². The summed E-state index contributed by atoms with van der Waals surface area (Å²) < 4.78 is 11.2. The van der Waals surface area contributed by atoms with Crippen LogP contribution < -0.4 is 10.1 Å². The zero-order chi connectivity index (χ0) is 22.9. The SMILES string of the molecule is CCCCOCC(C)C.CNC(c1ccccc1)c1cccc(OCC2CC2)c1.CO.[HH]. The van der Waals surface area contributed by atoms with Crippen LogP contribution in [0.5, 0.6) is 5.75 Å². The molecule has 1 aliphatic rings. The molecule has 176 valence electrons. The number of benzene rings is 2. The highest BCUT2D eigenvalue weighted by Gasteiger charge is 2.22. The molecule has 1 atom stereocenters. The average Bonchev–Trinajstić information content (AvgIpc) is 3.63. The molecule has 2 N–H and O–H groups in total. The maximum absolute atomic E-state index is 7.00. The van der Waals surface area contributed by atoms with Gasteiger partial charge in [-0.05, 0) is 61.4 Å². The van der Waals surface area contributed by atoms with Crippen molar-refractivity contribution in [2.24, 2.45) is 11.8 Å². The minimum absolute atomic E-state index is 0. The molecule has 0 amide bonds. The maximum Gasteiger partial charge on any atom is 0.119 e. The van der Waals surface area contributed by atoms with Crippen LogP contribution in [0.1, 0.15) is 65.0 Å². The molecule has 4 heteroatoms. The van der Waals surface area contributed by atoms with Crippen molar-refractivity contribution < 1.29 is 16.0 Å². The van der Waals surface area contributed by atoms with Gasteiger partial charge in [0.1, 0.15) is 5.75 Å². The van der Waals surface area contributed by atoms with Crippen LogP contribution in [0.3, 0.4) is 0 Å². The summed E-state index contributed by atoms with van der Waals surface area (Å²) in [7, 11) is 3.00. The first-order valence-corrected chi connectivity index (χ1v) is 11.6. The summed E-state index contributed by atoms with van der Waals surface area (Å²) in [6, 6.07) is 19.1. The second-order valence-electron chi connectivity index (χ2n) is 8.28. The van der Waals surface area contributed by atoms with Gasteiger partial charge in [-0.3, -0.25) is 0 Å². The first-order valence-electron chi connectivity index (χ1n) is 11.6. The first-order chi connectivity index (χ1) is 15.1. The highest BCUT2D eigenvalue weighted by atomic mass is 16.5. The highest BCUT2D eigenvalue weighted by molar-refractivity contribution is 5.36. The van der Waals surface area contributed by atoms with E-state index in [1.165, 1.54) is 36.8 Å². The molecule has 0 aromatic heterocycles. The predicted octanol–water partition coefficient (Wildman–Crippen LogP) is 6.10. The molecule has 4 nitrogen and oxygen atoms in total. The van der Waals surface area contributed by atoms with Crippen LogP contribution in [0.15, 0.2) is 54.6 Å². The van der Waals surface area contributed by atoms with Gasteiger partial charge in [-0.1, -0.05) is 69.7 Å².